The van der Waals surface area contributed by atoms with Crippen LogP contribution in [-0.4, -0.2) is 19.2 Å². The van der Waals surface area contributed by atoms with Gasteiger partial charge in [-0.05, 0) is 23.8 Å². The highest BCUT2D eigenvalue weighted by molar-refractivity contribution is 7.91. The zero-order valence-electron chi connectivity index (χ0n) is 12.8. The molecule has 3 aromatic rings. The minimum Gasteiger partial charge on any atom is -0.299 e. The molecule has 0 aliphatic carbocycles. The second kappa shape index (κ2) is 7.07. The minimum absolute atomic E-state index is 0.0549. The van der Waals surface area contributed by atoms with Gasteiger partial charge in [0, 0.05) is 18.0 Å². The van der Waals surface area contributed by atoms with Crippen LogP contribution in [0.5, 0.6) is 0 Å². The van der Waals surface area contributed by atoms with Gasteiger partial charge in [0.05, 0.1) is 21.2 Å². The summed E-state index contributed by atoms with van der Waals surface area (Å²) < 4.78 is 25.7. The van der Waals surface area contributed by atoms with Crippen molar-refractivity contribution in [2.45, 2.75) is 22.6 Å². The summed E-state index contributed by atoms with van der Waals surface area (Å²) >= 11 is 1.42. The Bertz CT molecular complexity index is 933. The van der Waals surface area contributed by atoms with Crippen molar-refractivity contribution in [1.82, 2.24) is 4.98 Å². The number of carbonyl (C=O) groups excluding carboxylic acids is 1. The van der Waals surface area contributed by atoms with E-state index in [0.29, 0.717) is 5.56 Å². The second-order valence-electron chi connectivity index (χ2n) is 5.24. The molecule has 0 atom stereocenters. The highest BCUT2D eigenvalue weighted by Crippen LogP contribution is 2.24. The van der Waals surface area contributed by atoms with Gasteiger partial charge >= 0.3 is 0 Å². The average molecular weight is 357 g/mol. The minimum atomic E-state index is -3.64. The molecule has 0 aliphatic rings. The first kappa shape index (κ1) is 16.5. The van der Waals surface area contributed by atoms with Crippen LogP contribution in [0.4, 0.5) is 0 Å². The van der Waals surface area contributed by atoms with E-state index in [1.165, 1.54) is 11.3 Å². The Morgan fingerprint density at radius 3 is 2.38 bits per heavy atom. The van der Waals surface area contributed by atoms with E-state index in [9.17, 15) is 13.2 Å². The van der Waals surface area contributed by atoms with E-state index >= 15 is 0 Å². The third kappa shape index (κ3) is 3.60. The van der Waals surface area contributed by atoms with Gasteiger partial charge in [0.1, 0.15) is 5.78 Å². The van der Waals surface area contributed by atoms with Crippen LogP contribution in [-0.2, 0) is 27.5 Å². The van der Waals surface area contributed by atoms with Crippen molar-refractivity contribution in [3.8, 4) is 0 Å². The first-order valence-corrected chi connectivity index (χ1v) is 9.72. The molecule has 24 heavy (non-hydrogen) atoms. The lowest BCUT2D eigenvalue weighted by molar-refractivity contribution is -0.117. The summed E-state index contributed by atoms with van der Waals surface area (Å²) in [4.78, 5) is 16.8. The Labute approximate surface area is 144 Å². The van der Waals surface area contributed by atoms with E-state index < -0.39 is 9.84 Å². The van der Waals surface area contributed by atoms with E-state index in [2.05, 4.69) is 4.98 Å². The molecule has 2 aromatic carbocycles. The Hall–Kier alpha value is -2.31. The third-order valence-corrected chi connectivity index (χ3v) is 6.18. The van der Waals surface area contributed by atoms with Gasteiger partial charge < -0.3 is 0 Å². The molecule has 1 heterocycles. The van der Waals surface area contributed by atoms with E-state index in [4.69, 9.17) is 0 Å². The van der Waals surface area contributed by atoms with E-state index in [1.54, 1.807) is 60.8 Å². The molecule has 4 nitrogen and oxygen atoms in total. The Balaban J connectivity index is 1.90. The average Bonchev–Trinajstić information content (AvgIpc) is 3.09. The zero-order valence-corrected chi connectivity index (χ0v) is 14.4. The summed E-state index contributed by atoms with van der Waals surface area (Å²) in [6.45, 7) is 0. The molecule has 0 spiro atoms. The third-order valence-electron chi connectivity index (χ3n) is 3.54. The first-order valence-electron chi connectivity index (χ1n) is 7.35. The zero-order chi connectivity index (χ0) is 17.0. The van der Waals surface area contributed by atoms with Crippen molar-refractivity contribution in [1.29, 1.82) is 0 Å². The van der Waals surface area contributed by atoms with Crippen molar-refractivity contribution in [2.24, 2.45) is 0 Å². The summed E-state index contributed by atoms with van der Waals surface area (Å²) in [5.41, 5.74) is 0.517. The number of hydrogen-bond donors (Lipinski definition) is 0. The van der Waals surface area contributed by atoms with Crippen molar-refractivity contribution in [3.63, 3.8) is 0 Å². The van der Waals surface area contributed by atoms with Crippen LogP contribution < -0.4 is 0 Å². The van der Waals surface area contributed by atoms with E-state index in [-0.39, 0.29) is 28.4 Å². The Kier molecular flexibility index (Phi) is 4.87. The number of rotatable bonds is 6. The predicted octanol–water partition coefficient (Wildman–Crippen LogP) is 3.33. The van der Waals surface area contributed by atoms with Gasteiger partial charge in [-0.2, -0.15) is 0 Å². The largest absolute Gasteiger partial charge is 0.299 e. The summed E-state index contributed by atoms with van der Waals surface area (Å²) in [5.74, 6) is -0.0549. The van der Waals surface area contributed by atoms with Crippen LogP contribution in [0.3, 0.4) is 0 Å². The maximum absolute atomic E-state index is 12.8. The van der Waals surface area contributed by atoms with Crippen molar-refractivity contribution in [3.05, 3.63) is 76.7 Å². The number of thiazole rings is 1. The normalized spacial score (nSPS) is 11.3. The van der Waals surface area contributed by atoms with Gasteiger partial charge in [-0.25, -0.2) is 13.4 Å². The van der Waals surface area contributed by atoms with Gasteiger partial charge in [-0.15, -0.1) is 11.3 Å². The summed E-state index contributed by atoms with van der Waals surface area (Å²) in [5, 5.41) is 2.56. The molecule has 0 fully saturated rings. The molecule has 0 radical (unpaired) electrons. The van der Waals surface area contributed by atoms with Crippen LogP contribution in [0.1, 0.15) is 10.6 Å². The number of Topliss-reactive ketones (excluding diaryl/α,β-unsaturated/α-hetero) is 1. The Morgan fingerprint density at radius 1 is 0.958 bits per heavy atom. The van der Waals surface area contributed by atoms with Crippen LogP contribution in [0.25, 0.3) is 0 Å². The van der Waals surface area contributed by atoms with Crippen LogP contribution >= 0.6 is 11.3 Å². The summed E-state index contributed by atoms with van der Waals surface area (Å²) in [6.07, 6.45) is 1.94. The molecule has 1 aromatic heterocycles. The fourth-order valence-corrected chi connectivity index (χ4v) is 4.58. The first-order chi connectivity index (χ1) is 11.6. The van der Waals surface area contributed by atoms with E-state index in [1.807, 2.05) is 5.38 Å². The SMILES string of the molecule is O=C(Cc1nccs1)Cc1ccccc1S(=O)(=O)c1ccccc1. The van der Waals surface area contributed by atoms with E-state index in [0.717, 1.165) is 5.01 Å². The maximum atomic E-state index is 12.8. The highest BCUT2D eigenvalue weighted by atomic mass is 32.2. The maximum Gasteiger partial charge on any atom is 0.206 e. The second-order valence-corrected chi connectivity index (χ2v) is 8.14. The standard InChI is InChI=1S/C18H15NO3S2/c20-15(13-18-19-10-11-23-18)12-14-6-4-5-9-17(14)24(21,22)16-7-2-1-3-8-16/h1-11H,12-13H2. The number of carbonyl (C=O) groups is 1. The molecule has 0 aliphatic heterocycles. The lowest BCUT2D eigenvalue weighted by Crippen LogP contribution is -2.11. The topological polar surface area (TPSA) is 64.1 Å². The van der Waals surface area contributed by atoms with Gasteiger partial charge in [0.25, 0.3) is 0 Å². The fraction of sp³-hybridized carbons (Fsp3) is 0.111. The van der Waals surface area contributed by atoms with Crippen LogP contribution in [0.2, 0.25) is 0 Å². The lowest BCUT2D eigenvalue weighted by atomic mass is 10.1. The highest BCUT2D eigenvalue weighted by Gasteiger charge is 2.21. The number of ketones is 1. The number of sulfone groups is 1. The molecule has 0 saturated heterocycles. The van der Waals surface area contributed by atoms with Crippen LogP contribution in [0, 0.1) is 0 Å². The molecular weight excluding hydrogens is 342 g/mol. The predicted molar refractivity (Wildman–Crippen MR) is 92.9 cm³/mol. The summed E-state index contributed by atoms with van der Waals surface area (Å²) in [6, 6.07) is 14.9. The number of benzene rings is 2. The van der Waals surface area contributed by atoms with Crippen molar-refractivity contribution >= 4 is 27.0 Å². The van der Waals surface area contributed by atoms with Gasteiger partial charge in [0.2, 0.25) is 9.84 Å². The lowest BCUT2D eigenvalue weighted by Gasteiger charge is -2.10. The fourth-order valence-electron chi connectivity index (χ4n) is 2.42. The monoisotopic (exact) mass is 357 g/mol. The Morgan fingerprint density at radius 2 is 1.67 bits per heavy atom. The molecule has 3 rings (SSSR count). The van der Waals surface area contributed by atoms with Gasteiger partial charge in [0.15, 0.2) is 0 Å². The smallest absolute Gasteiger partial charge is 0.206 e. The number of aromatic nitrogens is 1. The number of nitrogens with zero attached hydrogens (tertiary/aromatic N) is 1. The van der Waals surface area contributed by atoms with Crippen molar-refractivity contribution < 1.29 is 13.2 Å². The molecule has 0 N–H and O–H groups in total. The van der Waals surface area contributed by atoms with Gasteiger partial charge in [-0.1, -0.05) is 36.4 Å². The quantitative estimate of drug-likeness (QED) is 0.679. The van der Waals surface area contributed by atoms with Gasteiger partial charge in [-0.3, -0.25) is 4.79 Å². The molecule has 122 valence electrons. The molecular formula is C18H15NO3S2. The molecule has 0 unspecified atom stereocenters. The molecule has 6 heteroatoms. The van der Waals surface area contributed by atoms with Crippen molar-refractivity contribution in [2.75, 3.05) is 0 Å². The molecule has 0 amide bonds. The molecule has 0 saturated carbocycles. The van der Waals surface area contributed by atoms with Crippen LogP contribution in [0.15, 0.2) is 76.0 Å². The summed E-state index contributed by atoms with van der Waals surface area (Å²) in [7, 11) is -3.64. The number of hydrogen-bond acceptors (Lipinski definition) is 5. The molecule has 0 bridgehead atoms.